The zero-order valence-electron chi connectivity index (χ0n) is 15.3. The molecule has 27 heavy (non-hydrogen) atoms. The lowest BCUT2D eigenvalue weighted by atomic mass is 9.69. The summed E-state index contributed by atoms with van der Waals surface area (Å²) in [5.74, 6) is -0.369. The molecule has 0 amide bonds. The van der Waals surface area contributed by atoms with Crippen LogP contribution in [0.1, 0.15) is 37.3 Å². The van der Waals surface area contributed by atoms with E-state index in [4.69, 9.17) is 0 Å². The average molecular weight is 363 g/mol. The molecule has 0 radical (unpaired) electrons. The third-order valence-corrected chi connectivity index (χ3v) is 5.38. The number of nitrogens with one attached hydrogen (secondary N) is 2. The fourth-order valence-electron chi connectivity index (χ4n) is 3.88. The van der Waals surface area contributed by atoms with Gasteiger partial charge in [0.25, 0.3) is 5.69 Å². The number of ketones is 1. The molecule has 2 aromatic rings. The number of hydrogen-bond acceptors (Lipinski definition) is 5. The van der Waals surface area contributed by atoms with Crippen LogP contribution in [-0.4, -0.2) is 10.7 Å². The van der Waals surface area contributed by atoms with Crippen molar-refractivity contribution in [3.63, 3.8) is 0 Å². The van der Waals surface area contributed by atoms with Crippen molar-refractivity contribution >= 4 is 17.2 Å². The Balaban J connectivity index is 1.82. The molecular weight excluding hydrogens is 342 g/mol. The Bertz CT molecular complexity index is 961. The summed E-state index contributed by atoms with van der Waals surface area (Å²) in [5.41, 5.74) is 4.26. The number of carbonyl (C=O) groups is 1. The van der Waals surface area contributed by atoms with Gasteiger partial charge in [-0.25, -0.2) is 0 Å². The van der Waals surface area contributed by atoms with Gasteiger partial charge in [-0.2, -0.15) is 0 Å². The lowest BCUT2D eigenvalue weighted by Crippen LogP contribution is -2.39. The first-order chi connectivity index (χ1) is 12.9. The molecule has 6 nitrogen and oxygen atoms in total. The molecule has 138 valence electrons. The van der Waals surface area contributed by atoms with Crippen molar-refractivity contribution in [1.29, 1.82) is 0 Å². The number of anilines is 1. The molecule has 1 aliphatic carbocycles. The molecule has 1 unspecified atom stereocenters. The number of para-hydroxylation sites is 1. The van der Waals surface area contributed by atoms with Crippen LogP contribution in [0.3, 0.4) is 0 Å². The molecule has 1 aliphatic heterocycles. The minimum absolute atomic E-state index is 0.0211. The summed E-state index contributed by atoms with van der Waals surface area (Å²) in [6.07, 6.45) is 0.631. The predicted molar refractivity (Wildman–Crippen MR) is 103 cm³/mol. The maximum atomic E-state index is 13.3. The maximum Gasteiger partial charge on any atom is 0.269 e. The molecule has 0 saturated heterocycles. The highest BCUT2D eigenvalue weighted by molar-refractivity contribution is 5.96. The zero-order chi connectivity index (χ0) is 19.2. The second-order valence-electron chi connectivity index (χ2n) is 7.73. The van der Waals surface area contributed by atoms with E-state index in [-0.39, 0.29) is 11.5 Å². The number of nitro groups is 1. The number of allylic oxidation sites excluding steroid dienone is 2. The molecule has 0 spiro atoms. The second kappa shape index (κ2) is 6.23. The van der Waals surface area contributed by atoms with Crippen LogP contribution in [0.2, 0.25) is 0 Å². The minimum Gasteiger partial charge on any atom is -0.383 e. The topological polar surface area (TPSA) is 84.3 Å². The highest BCUT2D eigenvalue weighted by atomic mass is 16.6. The number of nitro benzene ring substituents is 1. The van der Waals surface area contributed by atoms with Gasteiger partial charge in [-0.1, -0.05) is 44.2 Å². The number of nitrogens with zero attached hydrogens (tertiary/aromatic N) is 1. The van der Waals surface area contributed by atoms with Gasteiger partial charge in [0.15, 0.2) is 5.78 Å². The van der Waals surface area contributed by atoms with Gasteiger partial charge in [0.05, 0.1) is 10.8 Å². The maximum absolute atomic E-state index is 13.3. The van der Waals surface area contributed by atoms with Crippen LogP contribution in [-0.2, 0) is 11.3 Å². The van der Waals surface area contributed by atoms with Gasteiger partial charge < -0.3 is 10.6 Å². The lowest BCUT2D eigenvalue weighted by Gasteiger charge is -2.37. The molecule has 0 fully saturated rings. The summed E-state index contributed by atoms with van der Waals surface area (Å²) in [4.78, 5) is 23.9. The summed E-state index contributed by atoms with van der Waals surface area (Å²) < 4.78 is 0. The van der Waals surface area contributed by atoms with E-state index in [0.717, 1.165) is 28.2 Å². The third kappa shape index (κ3) is 2.97. The molecule has 2 aromatic carbocycles. The normalized spacial score (nSPS) is 20.7. The largest absolute Gasteiger partial charge is 0.383 e. The molecule has 1 atom stereocenters. The number of rotatable bonds is 2. The monoisotopic (exact) mass is 363 g/mol. The summed E-state index contributed by atoms with van der Waals surface area (Å²) in [6, 6.07) is 14.3. The number of carbonyl (C=O) groups excluding carboxylic acids is 1. The van der Waals surface area contributed by atoms with Crippen LogP contribution < -0.4 is 10.6 Å². The van der Waals surface area contributed by atoms with E-state index < -0.39 is 16.3 Å². The number of Topliss-reactive ketones (excluding diaryl/α,β-unsaturated/α-hetero) is 1. The number of non-ortho nitro benzene ring substituents is 1. The van der Waals surface area contributed by atoms with Crippen LogP contribution in [0.5, 0.6) is 0 Å². The predicted octanol–water partition coefficient (Wildman–Crippen LogP) is 4.10. The number of benzene rings is 2. The van der Waals surface area contributed by atoms with Crippen LogP contribution in [0.25, 0.3) is 0 Å². The Hall–Kier alpha value is -3.15. The van der Waals surface area contributed by atoms with Crippen molar-refractivity contribution in [2.75, 3.05) is 5.32 Å². The van der Waals surface area contributed by atoms with Gasteiger partial charge in [-0.15, -0.1) is 0 Å². The molecule has 0 bridgehead atoms. The van der Waals surface area contributed by atoms with Crippen molar-refractivity contribution < 1.29 is 9.72 Å². The van der Waals surface area contributed by atoms with Gasteiger partial charge in [0.2, 0.25) is 0 Å². The lowest BCUT2D eigenvalue weighted by molar-refractivity contribution is -0.384. The first-order valence-corrected chi connectivity index (χ1v) is 8.97. The molecule has 2 aliphatic rings. The fourth-order valence-corrected chi connectivity index (χ4v) is 3.88. The molecule has 1 heterocycles. The Morgan fingerprint density at radius 3 is 2.52 bits per heavy atom. The van der Waals surface area contributed by atoms with Crippen LogP contribution >= 0.6 is 0 Å². The van der Waals surface area contributed by atoms with Crippen molar-refractivity contribution in [1.82, 2.24) is 5.32 Å². The molecule has 2 N–H and O–H groups in total. The molecule has 0 aromatic heterocycles. The quantitative estimate of drug-likeness (QED) is 0.620. The van der Waals surface area contributed by atoms with Crippen molar-refractivity contribution in [3.8, 4) is 0 Å². The Labute approximate surface area is 157 Å². The first kappa shape index (κ1) is 17.3. The van der Waals surface area contributed by atoms with E-state index in [9.17, 15) is 14.9 Å². The second-order valence-corrected chi connectivity index (χ2v) is 7.73. The summed E-state index contributed by atoms with van der Waals surface area (Å²) >= 11 is 0. The van der Waals surface area contributed by atoms with E-state index in [1.165, 1.54) is 12.1 Å². The first-order valence-electron chi connectivity index (χ1n) is 8.97. The Morgan fingerprint density at radius 1 is 1.11 bits per heavy atom. The van der Waals surface area contributed by atoms with Crippen molar-refractivity contribution in [2.24, 2.45) is 5.41 Å². The van der Waals surface area contributed by atoms with Gasteiger partial charge in [0, 0.05) is 47.6 Å². The Kier molecular flexibility index (Phi) is 3.98. The standard InChI is InChI=1S/C21H21N3O3/c1-21(2)11-17-19(23-16-6-4-3-5-14(16)12-22-17)18(20(21)25)13-7-9-15(10-8-13)24(26)27/h3-10,18,22-23H,11-12H2,1-2H3. The van der Waals surface area contributed by atoms with E-state index in [0.29, 0.717) is 13.0 Å². The van der Waals surface area contributed by atoms with E-state index in [1.54, 1.807) is 12.1 Å². The van der Waals surface area contributed by atoms with Gasteiger partial charge in [-0.3, -0.25) is 14.9 Å². The van der Waals surface area contributed by atoms with E-state index in [2.05, 4.69) is 16.7 Å². The van der Waals surface area contributed by atoms with Gasteiger partial charge in [0.1, 0.15) is 0 Å². The Morgan fingerprint density at radius 2 is 1.81 bits per heavy atom. The smallest absolute Gasteiger partial charge is 0.269 e. The van der Waals surface area contributed by atoms with Gasteiger partial charge in [-0.05, 0) is 17.2 Å². The van der Waals surface area contributed by atoms with Crippen molar-refractivity contribution in [3.05, 3.63) is 81.2 Å². The molecule has 6 heteroatoms. The zero-order valence-corrected chi connectivity index (χ0v) is 15.3. The van der Waals surface area contributed by atoms with Crippen LogP contribution in [0.4, 0.5) is 11.4 Å². The third-order valence-electron chi connectivity index (χ3n) is 5.38. The molecular formula is C21H21N3O3. The van der Waals surface area contributed by atoms with E-state index in [1.807, 2.05) is 32.0 Å². The van der Waals surface area contributed by atoms with Crippen LogP contribution in [0.15, 0.2) is 59.9 Å². The highest BCUT2D eigenvalue weighted by Crippen LogP contribution is 2.44. The molecule has 0 saturated carbocycles. The van der Waals surface area contributed by atoms with Crippen LogP contribution in [0, 0.1) is 15.5 Å². The van der Waals surface area contributed by atoms with Gasteiger partial charge >= 0.3 is 0 Å². The average Bonchev–Trinajstić information content (AvgIpc) is 2.82. The SMILES string of the molecule is CC1(C)CC2=C(Nc3ccccc3CN2)C(c2ccc([N+](=O)[O-])cc2)C1=O. The van der Waals surface area contributed by atoms with E-state index >= 15 is 0 Å². The number of hydrogen-bond donors (Lipinski definition) is 2. The summed E-state index contributed by atoms with van der Waals surface area (Å²) in [5, 5.41) is 18.0. The molecule has 4 rings (SSSR count). The summed E-state index contributed by atoms with van der Waals surface area (Å²) in [7, 11) is 0. The summed E-state index contributed by atoms with van der Waals surface area (Å²) in [6.45, 7) is 4.60. The fraction of sp³-hybridized carbons (Fsp3) is 0.286. The highest BCUT2D eigenvalue weighted by Gasteiger charge is 2.43. The minimum atomic E-state index is -0.517. The number of fused-ring (bicyclic) bond motifs is 1. The van der Waals surface area contributed by atoms with Crippen molar-refractivity contribution in [2.45, 2.75) is 32.7 Å².